The molecule has 4 aromatic rings. The quantitative estimate of drug-likeness (QED) is 0.226. The molecule has 0 radical (unpaired) electrons. The van der Waals surface area contributed by atoms with Crippen molar-refractivity contribution in [2.24, 2.45) is 11.8 Å². The highest BCUT2D eigenvalue weighted by Gasteiger charge is 2.38. The van der Waals surface area contributed by atoms with E-state index in [2.05, 4.69) is 5.32 Å². The Kier molecular flexibility index (Phi) is 8.50. The third kappa shape index (κ3) is 6.72. The van der Waals surface area contributed by atoms with Crippen LogP contribution in [-0.2, 0) is 27.5 Å². The maximum absolute atomic E-state index is 14.1. The molecule has 0 heterocycles. The number of hydrogen-bond donors (Lipinski definition) is 1. The topological polar surface area (TPSA) is 64.6 Å². The highest BCUT2D eigenvalue weighted by molar-refractivity contribution is 5.95. The van der Waals surface area contributed by atoms with Crippen LogP contribution in [-0.4, -0.2) is 11.9 Å². The fourth-order valence-electron chi connectivity index (χ4n) is 4.99. The second-order valence-electron chi connectivity index (χ2n) is 9.86. The lowest BCUT2D eigenvalue weighted by Crippen LogP contribution is -2.31. The molecule has 1 aliphatic carbocycles. The Morgan fingerprint density at radius 1 is 0.775 bits per heavy atom. The van der Waals surface area contributed by atoms with Crippen LogP contribution in [0.1, 0.15) is 30.4 Å². The van der Waals surface area contributed by atoms with Crippen LogP contribution in [0.5, 0.6) is 5.75 Å². The predicted molar refractivity (Wildman–Crippen MR) is 148 cm³/mol. The third-order valence-electron chi connectivity index (χ3n) is 7.08. The normalized spacial score (nSPS) is 16.4. The van der Waals surface area contributed by atoms with E-state index in [1.165, 1.54) is 12.1 Å². The summed E-state index contributed by atoms with van der Waals surface area (Å²) in [7, 11) is 0. The van der Waals surface area contributed by atoms with E-state index < -0.39 is 23.5 Å². The lowest BCUT2D eigenvalue weighted by molar-refractivity contribution is -0.152. The molecular formula is C33H29F2NO4. The molecule has 1 amide bonds. The summed E-state index contributed by atoms with van der Waals surface area (Å²) in [6.07, 6.45) is 2.06. The molecule has 40 heavy (non-hydrogen) atoms. The summed E-state index contributed by atoms with van der Waals surface area (Å²) in [4.78, 5) is 25.8. The van der Waals surface area contributed by atoms with Crippen molar-refractivity contribution in [2.45, 2.75) is 32.5 Å². The minimum absolute atomic E-state index is 0.193. The second-order valence-corrected chi connectivity index (χ2v) is 9.86. The fourth-order valence-corrected chi connectivity index (χ4v) is 4.99. The van der Waals surface area contributed by atoms with Crippen LogP contribution in [0, 0.1) is 23.5 Å². The van der Waals surface area contributed by atoms with Crippen LogP contribution in [0.2, 0.25) is 0 Å². The molecule has 1 N–H and O–H groups in total. The van der Waals surface area contributed by atoms with Crippen molar-refractivity contribution in [3.63, 3.8) is 0 Å². The molecule has 5 nitrogen and oxygen atoms in total. The van der Waals surface area contributed by atoms with Gasteiger partial charge in [-0.15, -0.1) is 0 Å². The minimum atomic E-state index is -0.625. The van der Waals surface area contributed by atoms with Gasteiger partial charge in [0.2, 0.25) is 5.91 Å². The van der Waals surface area contributed by atoms with Gasteiger partial charge in [-0.05, 0) is 65.9 Å². The summed E-state index contributed by atoms with van der Waals surface area (Å²) >= 11 is 0. The Morgan fingerprint density at radius 3 is 2.30 bits per heavy atom. The smallest absolute Gasteiger partial charge is 0.310 e. The molecule has 2 atom stereocenters. The first-order chi connectivity index (χ1) is 19.5. The Hall–Kier alpha value is -4.52. The largest absolute Gasteiger partial charge is 0.489 e. The summed E-state index contributed by atoms with van der Waals surface area (Å²) in [5.41, 5.74) is 3.30. The minimum Gasteiger partial charge on any atom is -0.489 e. The van der Waals surface area contributed by atoms with Crippen LogP contribution in [0.25, 0.3) is 11.1 Å². The van der Waals surface area contributed by atoms with Crippen molar-refractivity contribution in [3.8, 4) is 16.9 Å². The van der Waals surface area contributed by atoms with Gasteiger partial charge in [-0.1, -0.05) is 61.0 Å². The van der Waals surface area contributed by atoms with E-state index in [4.69, 9.17) is 9.47 Å². The summed E-state index contributed by atoms with van der Waals surface area (Å²) < 4.78 is 38.6. The van der Waals surface area contributed by atoms with E-state index in [0.717, 1.165) is 23.6 Å². The molecule has 0 aromatic heterocycles. The second kappa shape index (κ2) is 12.6. The summed E-state index contributed by atoms with van der Waals surface area (Å²) in [5.74, 6) is -2.08. The first kappa shape index (κ1) is 27.1. The van der Waals surface area contributed by atoms with E-state index >= 15 is 0 Å². The van der Waals surface area contributed by atoms with Crippen LogP contribution in [0.15, 0.2) is 97.1 Å². The van der Waals surface area contributed by atoms with Crippen molar-refractivity contribution in [2.75, 3.05) is 5.32 Å². The standard InChI is InChI=1S/C33H29F2NO4/c34-25-14-17-28(31(35)19-25)24-12-15-27(16-13-24)39-21-23-8-4-9-26(18-23)36-32(37)29-10-5-11-30(29)33(38)40-20-22-6-2-1-3-7-22/h1-4,6-9,12-19,29-30H,5,10-11,20-21H2,(H,36,37)/t29-,30-/m1/s1. The number of amides is 1. The van der Waals surface area contributed by atoms with Crippen LogP contribution >= 0.6 is 0 Å². The van der Waals surface area contributed by atoms with Gasteiger partial charge in [0.1, 0.15) is 30.6 Å². The Bertz CT molecular complexity index is 1470. The first-order valence-corrected chi connectivity index (χ1v) is 13.2. The molecule has 1 saturated carbocycles. The number of anilines is 1. The first-order valence-electron chi connectivity index (χ1n) is 13.2. The monoisotopic (exact) mass is 541 g/mol. The highest BCUT2D eigenvalue weighted by atomic mass is 19.1. The predicted octanol–water partition coefficient (Wildman–Crippen LogP) is 7.31. The zero-order chi connectivity index (χ0) is 27.9. The summed E-state index contributed by atoms with van der Waals surface area (Å²) in [5, 5.41) is 2.95. The van der Waals surface area contributed by atoms with Gasteiger partial charge in [-0.2, -0.15) is 0 Å². The number of ether oxygens (including phenoxy) is 2. The number of carbonyl (C=O) groups excluding carboxylic acids is 2. The van der Waals surface area contributed by atoms with Crippen LogP contribution < -0.4 is 10.1 Å². The summed E-state index contributed by atoms with van der Waals surface area (Å²) in [6.45, 7) is 0.449. The fraction of sp³-hybridized carbons (Fsp3) is 0.212. The average Bonchev–Trinajstić information content (AvgIpc) is 3.47. The molecule has 0 bridgehead atoms. The Morgan fingerprint density at radius 2 is 1.52 bits per heavy atom. The molecule has 204 valence electrons. The molecule has 1 fully saturated rings. The van der Waals surface area contributed by atoms with Crippen LogP contribution in [0.3, 0.4) is 0 Å². The zero-order valence-corrected chi connectivity index (χ0v) is 21.8. The maximum Gasteiger partial charge on any atom is 0.310 e. The van der Waals surface area contributed by atoms with Crippen molar-refractivity contribution in [3.05, 3.63) is 120 Å². The number of rotatable bonds is 9. The van der Waals surface area contributed by atoms with Crippen molar-refractivity contribution in [1.29, 1.82) is 0 Å². The van der Waals surface area contributed by atoms with E-state index in [9.17, 15) is 18.4 Å². The molecule has 4 aromatic carbocycles. The van der Waals surface area contributed by atoms with E-state index in [1.54, 1.807) is 30.3 Å². The van der Waals surface area contributed by atoms with Gasteiger partial charge < -0.3 is 14.8 Å². The highest BCUT2D eigenvalue weighted by Crippen LogP contribution is 2.34. The zero-order valence-electron chi connectivity index (χ0n) is 21.8. The number of carbonyl (C=O) groups is 2. The van der Waals surface area contributed by atoms with Gasteiger partial charge in [-0.3, -0.25) is 9.59 Å². The lowest BCUT2D eigenvalue weighted by atomic mass is 9.95. The number of nitrogens with one attached hydrogen (secondary N) is 1. The Balaban J connectivity index is 1.15. The van der Waals surface area contributed by atoms with Gasteiger partial charge in [0.25, 0.3) is 0 Å². The van der Waals surface area contributed by atoms with Crippen molar-refractivity contribution in [1.82, 2.24) is 0 Å². The van der Waals surface area contributed by atoms with Gasteiger partial charge in [-0.25, -0.2) is 8.78 Å². The number of halogens is 2. The maximum atomic E-state index is 14.1. The number of esters is 1. The molecule has 0 saturated heterocycles. The SMILES string of the molecule is O=C(Nc1cccc(COc2ccc(-c3ccc(F)cc3F)cc2)c1)[C@@H]1CCC[C@H]1C(=O)OCc1ccccc1. The average molecular weight is 542 g/mol. The van der Waals surface area contributed by atoms with Gasteiger partial charge in [0.05, 0.1) is 11.8 Å². The van der Waals surface area contributed by atoms with E-state index in [1.807, 2.05) is 48.5 Å². The molecule has 0 aliphatic heterocycles. The molecule has 0 spiro atoms. The van der Waals surface area contributed by atoms with Crippen molar-refractivity contribution >= 4 is 17.6 Å². The van der Waals surface area contributed by atoms with Gasteiger partial charge in [0, 0.05) is 17.3 Å². The lowest BCUT2D eigenvalue weighted by Gasteiger charge is -2.18. The van der Waals surface area contributed by atoms with E-state index in [-0.39, 0.29) is 25.1 Å². The Labute approximate surface area is 231 Å². The van der Waals surface area contributed by atoms with Crippen LogP contribution in [0.4, 0.5) is 14.5 Å². The van der Waals surface area contributed by atoms with Gasteiger partial charge >= 0.3 is 5.97 Å². The van der Waals surface area contributed by atoms with Gasteiger partial charge in [0.15, 0.2) is 0 Å². The van der Waals surface area contributed by atoms with E-state index in [0.29, 0.717) is 35.4 Å². The summed E-state index contributed by atoms with van der Waals surface area (Å²) in [6, 6.07) is 27.2. The molecule has 0 unspecified atom stereocenters. The number of hydrogen-bond acceptors (Lipinski definition) is 4. The molecule has 7 heteroatoms. The molecule has 5 rings (SSSR count). The number of benzene rings is 4. The van der Waals surface area contributed by atoms with Crippen molar-refractivity contribution < 1.29 is 27.8 Å². The molecular weight excluding hydrogens is 512 g/mol. The third-order valence-corrected chi connectivity index (χ3v) is 7.08. The molecule has 1 aliphatic rings.